The van der Waals surface area contributed by atoms with Crippen LogP contribution in [0.3, 0.4) is 0 Å². The Labute approximate surface area is 149 Å². The van der Waals surface area contributed by atoms with Gasteiger partial charge >= 0.3 is 0 Å². The van der Waals surface area contributed by atoms with E-state index in [1.165, 1.54) is 0 Å². The van der Waals surface area contributed by atoms with Gasteiger partial charge in [-0.3, -0.25) is 9.59 Å². The third kappa shape index (κ3) is 4.92. The van der Waals surface area contributed by atoms with Crippen molar-refractivity contribution in [3.8, 4) is 0 Å². The zero-order valence-electron chi connectivity index (χ0n) is 15.4. The molecule has 0 unspecified atom stereocenters. The number of nitrogens with one attached hydrogen (secondary N) is 1. The molecule has 0 atom stereocenters. The maximum Gasteiger partial charge on any atom is 0.254 e. The molecule has 0 aliphatic heterocycles. The molecule has 0 saturated heterocycles. The molecule has 0 bridgehead atoms. The smallest absolute Gasteiger partial charge is 0.254 e. The van der Waals surface area contributed by atoms with Gasteiger partial charge in [0.25, 0.3) is 5.91 Å². The number of para-hydroxylation sites is 1. The maximum absolute atomic E-state index is 12.9. The summed E-state index contributed by atoms with van der Waals surface area (Å²) in [6, 6.07) is 13.4. The number of nitrogens with zero attached hydrogens (tertiary/aromatic N) is 1. The van der Waals surface area contributed by atoms with E-state index in [-0.39, 0.29) is 18.4 Å². The molecule has 0 radical (unpaired) electrons. The number of aryl methyl sites for hydroxylation is 3. The molecule has 0 aliphatic carbocycles. The number of carbonyl (C=O) groups excluding carboxylic acids is 2. The molecule has 2 aromatic carbocycles. The molecule has 25 heavy (non-hydrogen) atoms. The largest absolute Gasteiger partial charge is 0.329 e. The Kier molecular flexibility index (Phi) is 6.34. The number of amides is 2. The highest BCUT2D eigenvalue weighted by Gasteiger charge is 2.20. The van der Waals surface area contributed by atoms with Crippen LogP contribution in [0, 0.1) is 20.8 Å². The molecule has 4 heteroatoms. The molecule has 0 saturated carbocycles. The van der Waals surface area contributed by atoms with E-state index in [1.807, 2.05) is 70.2 Å². The quantitative estimate of drug-likeness (QED) is 0.862. The van der Waals surface area contributed by atoms with Crippen LogP contribution in [0.4, 0.5) is 5.69 Å². The standard InChI is InChI=1S/C21H26N2O2/c1-5-12-23(21(25)18-11-10-15(2)13-17(18)4)14-20(24)22-19-9-7-6-8-16(19)3/h6-11,13H,5,12,14H2,1-4H3,(H,22,24). The molecule has 132 valence electrons. The lowest BCUT2D eigenvalue weighted by atomic mass is 10.0. The summed E-state index contributed by atoms with van der Waals surface area (Å²) in [6.07, 6.45) is 0.800. The van der Waals surface area contributed by atoms with Crippen LogP contribution >= 0.6 is 0 Å². The van der Waals surface area contributed by atoms with Crippen molar-refractivity contribution in [2.75, 3.05) is 18.4 Å². The first-order chi connectivity index (χ1) is 11.9. The zero-order valence-corrected chi connectivity index (χ0v) is 15.4. The van der Waals surface area contributed by atoms with E-state index in [1.54, 1.807) is 4.90 Å². The van der Waals surface area contributed by atoms with Crippen LogP contribution in [0.2, 0.25) is 0 Å². The lowest BCUT2D eigenvalue weighted by Crippen LogP contribution is -2.38. The highest BCUT2D eigenvalue weighted by molar-refractivity contribution is 6.00. The SMILES string of the molecule is CCCN(CC(=O)Nc1ccccc1C)C(=O)c1ccc(C)cc1C. The second-order valence-electron chi connectivity index (χ2n) is 6.41. The zero-order chi connectivity index (χ0) is 18.4. The summed E-state index contributed by atoms with van der Waals surface area (Å²) < 4.78 is 0. The van der Waals surface area contributed by atoms with Gasteiger partial charge in [-0.25, -0.2) is 0 Å². The molecule has 2 aromatic rings. The van der Waals surface area contributed by atoms with E-state index in [0.29, 0.717) is 12.1 Å². The van der Waals surface area contributed by atoms with E-state index in [0.717, 1.165) is 28.8 Å². The van der Waals surface area contributed by atoms with Crippen molar-refractivity contribution in [3.63, 3.8) is 0 Å². The highest BCUT2D eigenvalue weighted by atomic mass is 16.2. The van der Waals surface area contributed by atoms with Crippen LogP contribution in [0.5, 0.6) is 0 Å². The fraction of sp³-hybridized carbons (Fsp3) is 0.333. The Morgan fingerprint density at radius 1 is 1.00 bits per heavy atom. The lowest BCUT2D eigenvalue weighted by molar-refractivity contribution is -0.116. The highest BCUT2D eigenvalue weighted by Crippen LogP contribution is 2.15. The van der Waals surface area contributed by atoms with Crippen molar-refractivity contribution in [1.29, 1.82) is 0 Å². The van der Waals surface area contributed by atoms with Crippen LogP contribution in [-0.4, -0.2) is 29.8 Å². The first-order valence-corrected chi connectivity index (χ1v) is 8.64. The summed E-state index contributed by atoms with van der Waals surface area (Å²) in [7, 11) is 0. The third-order valence-electron chi connectivity index (χ3n) is 4.15. The third-order valence-corrected chi connectivity index (χ3v) is 4.15. The van der Waals surface area contributed by atoms with Crippen LogP contribution < -0.4 is 5.32 Å². The first-order valence-electron chi connectivity index (χ1n) is 8.64. The fourth-order valence-corrected chi connectivity index (χ4v) is 2.82. The van der Waals surface area contributed by atoms with Crippen LogP contribution in [0.1, 0.15) is 40.4 Å². The Balaban J connectivity index is 2.13. The minimum absolute atomic E-state index is 0.0499. The maximum atomic E-state index is 12.9. The summed E-state index contributed by atoms with van der Waals surface area (Å²) in [5.41, 5.74) is 4.49. The van der Waals surface area contributed by atoms with Crippen molar-refractivity contribution < 1.29 is 9.59 Å². The number of carbonyl (C=O) groups is 2. The van der Waals surface area contributed by atoms with Gasteiger partial charge in [-0.05, 0) is 50.5 Å². The number of anilines is 1. The van der Waals surface area contributed by atoms with Gasteiger partial charge in [-0.1, -0.05) is 42.8 Å². The summed E-state index contributed by atoms with van der Waals surface area (Å²) in [5.74, 6) is -0.278. The average Bonchev–Trinajstić information content (AvgIpc) is 2.56. The summed E-state index contributed by atoms with van der Waals surface area (Å²) in [5, 5.41) is 2.90. The monoisotopic (exact) mass is 338 g/mol. The molecule has 0 spiro atoms. The molecule has 0 aliphatic rings. The van der Waals surface area contributed by atoms with Crippen LogP contribution in [0.15, 0.2) is 42.5 Å². The molecular weight excluding hydrogens is 312 g/mol. The van der Waals surface area contributed by atoms with Crippen LogP contribution in [0.25, 0.3) is 0 Å². The Morgan fingerprint density at radius 3 is 2.36 bits per heavy atom. The van der Waals surface area contributed by atoms with Gasteiger partial charge in [0.2, 0.25) is 5.91 Å². The van der Waals surface area contributed by atoms with Crippen molar-refractivity contribution in [2.24, 2.45) is 0 Å². The Morgan fingerprint density at radius 2 is 1.72 bits per heavy atom. The minimum Gasteiger partial charge on any atom is -0.329 e. The van der Waals surface area contributed by atoms with Crippen molar-refractivity contribution in [2.45, 2.75) is 34.1 Å². The van der Waals surface area contributed by atoms with Gasteiger partial charge in [0.1, 0.15) is 6.54 Å². The van der Waals surface area contributed by atoms with Crippen LogP contribution in [-0.2, 0) is 4.79 Å². The summed E-state index contributed by atoms with van der Waals surface area (Å²) >= 11 is 0. The lowest BCUT2D eigenvalue weighted by Gasteiger charge is -2.23. The van der Waals surface area contributed by atoms with E-state index < -0.39 is 0 Å². The number of hydrogen-bond donors (Lipinski definition) is 1. The summed E-state index contributed by atoms with van der Waals surface area (Å²) in [4.78, 5) is 26.9. The van der Waals surface area contributed by atoms with Crippen molar-refractivity contribution >= 4 is 17.5 Å². The second kappa shape index (κ2) is 8.47. The molecule has 0 fully saturated rings. The predicted octanol–water partition coefficient (Wildman–Crippen LogP) is 4.10. The molecule has 2 rings (SSSR count). The van der Waals surface area contributed by atoms with Gasteiger partial charge in [0, 0.05) is 17.8 Å². The van der Waals surface area contributed by atoms with Gasteiger partial charge in [0.05, 0.1) is 0 Å². The number of benzene rings is 2. The summed E-state index contributed by atoms with van der Waals surface area (Å²) in [6.45, 7) is 8.47. The second-order valence-corrected chi connectivity index (χ2v) is 6.41. The molecule has 0 heterocycles. The van der Waals surface area contributed by atoms with Gasteiger partial charge in [-0.2, -0.15) is 0 Å². The van der Waals surface area contributed by atoms with E-state index in [4.69, 9.17) is 0 Å². The van der Waals surface area contributed by atoms with Gasteiger partial charge < -0.3 is 10.2 Å². The van der Waals surface area contributed by atoms with E-state index in [2.05, 4.69) is 5.32 Å². The normalized spacial score (nSPS) is 10.4. The Hall–Kier alpha value is -2.62. The minimum atomic E-state index is -0.180. The number of rotatable bonds is 6. The molecule has 2 amide bonds. The van der Waals surface area contributed by atoms with E-state index in [9.17, 15) is 9.59 Å². The average molecular weight is 338 g/mol. The molecular formula is C21H26N2O2. The topological polar surface area (TPSA) is 49.4 Å². The molecule has 0 aromatic heterocycles. The first kappa shape index (κ1) is 18.7. The van der Waals surface area contributed by atoms with E-state index >= 15 is 0 Å². The molecule has 1 N–H and O–H groups in total. The predicted molar refractivity (Wildman–Crippen MR) is 102 cm³/mol. The molecule has 4 nitrogen and oxygen atoms in total. The Bertz CT molecular complexity index is 768. The van der Waals surface area contributed by atoms with Gasteiger partial charge in [-0.15, -0.1) is 0 Å². The van der Waals surface area contributed by atoms with Gasteiger partial charge in [0.15, 0.2) is 0 Å². The van der Waals surface area contributed by atoms with Crippen molar-refractivity contribution in [3.05, 3.63) is 64.7 Å². The fourth-order valence-electron chi connectivity index (χ4n) is 2.82. The number of hydrogen-bond acceptors (Lipinski definition) is 2. The van der Waals surface area contributed by atoms with Crippen molar-refractivity contribution in [1.82, 2.24) is 4.90 Å².